The maximum atomic E-state index is 6.05. The summed E-state index contributed by atoms with van der Waals surface area (Å²) in [6.45, 7) is 7.27. The van der Waals surface area contributed by atoms with Gasteiger partial charge in [0.15, 0.2) is 11.5 Å². The second-order valence-electron chi connectivity index (χ2n) is 5.82. The summed E-state index contributed by atoms with van der Waals surface area (Å²) in [5.41, 5.74) is 7.03. The van der Waals surface area contributed by atoms with Crippen molar-refractivity contribution in [2.24, 2.45) is 5.73 Å². The molecule has 1 aromatic rings. The van der Waals surface area contributed by atoms with E-state index in [1.165, 1.54) is 0 Å². The van der Waals surface area contributed by atoms with Gasteiger partial charge in [0.05, 0.1) is 18.8 Å². The van der Waals surface area contributed by atoms with E-state index in [9.17, 15) is 0 Å². The molecular weight excluding hydrogens is 266 g/mol. The van der Waals surface area contributed by atoms with Gasteiger partial charge in [0.1, 0.15) is 6.61 Å². The summed E-state index contributed by atoms with van der Waals surface area (Å²) in [6, 6.07) is 6.08. The highest BCUT2D eigenvalue weighted by Crippen LogP contribution is 2.33. The van der Waals surface area contributed by atoms with Crippen LogP contribution < -0.4 is 15.2 Å². The molecule has 3 unspecified atom stereocenters. The van der Waals surface area contributed by atoms with E-state index in [2.05, 4.69) is 13.0 Å². The summed E-state index contributed by atoms with van der Waals surface area (Å²) in [6.07, 6.45) is 3.45. The summed E-state index contributed by atoms with van der Waals surface area (Å²) >= 11 is 0. The molecule has 4 nitrogen and oxygen atoms in total. The minimum Gasteiger partial charge on any atom is -0.490 e. The lowest BCUT2D eigenvalue weighted by Crippen LogP contribution is -2.21. The van der Waals surface area contributed by atoms with Crippen LogP contribution in [0.3, 0.4) is 0 Å². The molecule has 2 rings (SSSR count). The standard InChI is InChI=1S/C17H27NO3/c1-4-19-16-7-5-6-14(10-12(2)18)17(16)20-11-15-9-8-13(3)21-15/h5-7,12-13,15H,4,8-11,18H2,1-3H3. The van der Waals surface area contributed by atoms with Crippen LogP contribution in [0.2, 0.25) is 0 Å². The van der Waals surface area contributed by atoms with E-state index in [4.69, 9.17) is 19.9 Å². The molecule has 21 heavy (non-hydrogen) atoms. The van der Waals surface area contributed by atoms with Crippen LogP contribution in [0.4, 0.5) is 0 Å². The van der Waals surface area contributed by atoms with Crippen LogP contribution in [0, 0.1) is 0 Å². The van der Waals surface area contributed by atoms with E-state index >= 15 is 0 Å². The Balaban J connectivity index is 2.09. The Morgan fingerprint density at radius 3 is 2.76 bits per heavy atom. The van der Waals surface area contributed by atoms with Gasteiger partial charge in [-0.15, -0.1) is 0 Å². The summed E-state index contributed by atoms with van der Waals surface area (Å²) in [5, 5.41) is 0. The number of nitrogens with two attached hydrogens (primary N) is 1. The number of rotatable bonds is 7. The maximum absolute atomic E-state index is 6.05. The van der Waals surface area contributed by atoms with Crippen LogP contribution in [0.15, 0.2) is 18.2 Å². The fourth-order valence-corrected chi connectivity index (χ4v) is 2.69. The van der Waals surface area contributed by atoms with Gasteiger partial charge in [-0.3, -0.25) is 0 Å². The lowest BCUT2D eigenvalue weighted by atomic mass is 10.1. The minimum absolute atomic E-state index is 0.0898. The van der Waals surface area contributed by atoms with Crippen molar-refractivity contribution in [3.8, 4) is 11.5 Å². The van der Waals surface area contributed by atoms with Gasteiger partial charge in [0.2, 0.25) is 0 Å². The Morgan fingerprint density at radius 2 is 2.14 bits per heavy atom. The zero-order valence-corrected chi connectivity index (χ0v) is 13.3. The predicted molar refractivity (Wildman–Crippen MR) is 84.0 cm³/mol. The van der Waals surface area contributed by atoms with E-state index in [1.807, 2.05) is 26.0 Å². The molecular formula is C17H27NO3. The average molecular weight is 293 g/mol. The highest BCUT2D eigenvalue weighted by atomic mass is 16.6. The largest absolute Gasteiger partial charge is 0.490 e. The van der Waals surface area contributed by atoms with Crippen LogP contribution in [0.1, 0.15) is 39.2 Å². The smallest absolute Gasteiger partial charge is 0.164 e. The number of hydrogen-bond acceptors (Lipinski definition) is 4. The van der Waals surface area contributed by atoms with Crippen molar-refractivity contribution >= 4 is 0 Å². The zero-order chi connectivity index (χ0) is 15.2. The Kier molecular flexibility index (Phi) is 5.88. The first-order valence-corrected chi connectivity index (χ1v) is 7.88. The predicted octanol–water partition coefficient (Wildman–Crippen LogP) is 2.92. The second-order valence-corrected chi connectivity index (χ2v) is 5.82. The monoisotopic (exact) mass is 293 g/mol. The van der Waals surface area contributed by atoms with Crippen molar-refractivity contribution in [1.82, 2.24) is 0 Å². The molecule has 3 atom stereocenters. The lowest BCUT2D eigenvalue weighted by molar-refractivity contribution is 0.0255. The van der Waals surface area contributed by atoms with Crippen LogP contribution in [-0.2, 0) is 11.2 Å². The molecule has 1 fully saturated rings. The van der Waals surface area contributed by atoms with Crippen molar-refractivity contribution in [3.05, 3.63) is 23.8 Å². The van der Waals surface area contributed by atoms with Crippen molar-refractivity contribution in [3.63, 3.8) is 0 Å². The molecule has 0 aliphatic carbocycles. The number of hydrogen-bond donors (Lipinski definition) is 1. The molecule has 1 saturated heterocycles. The molecule has 1 aliphatic rings. The van der Waals surface area contributed by atoms with E-state index < -0.39 is 0 Å². The van der Waals surface area contributed by atoms with Crippen molar-refractivity contribution < 1.29 is 14.2 Å². The third-order valence-corrected chi connectivity index (χ3v) is 3.64. The van der Waals surface area contributed by atoms with E-state index in [0.717, 1.165) is 36.3 Å². The summed E-state index contributed by atoms with van der Waals surface area (Å²) in [4.78, 5) is 0. The minimum atomic E-state index is 0.0898. The first-order valence-electron chi connectivity index (χ1n) is 7.88. The number of para-hydroxylation sites is 1. The zero-order valence-electron chi connectivity index (χ0n) is 13.3. The van der Waals surface area contributed by atoms with Crippen LogP contribution in [0.25, 0.3) is 0 Å². The topological polar surface area (TPSA) is 53.7 Å². The van der Waals surface area contributed by atoms with Gasteiger partial charge < -0.3 is 19.9 Å². The van der Waals surface area contributed by atoms with E-state index in [-0.39, 0.29) is 12.1 Å². The molecule has 0 spiro atoms. The fraction of sp³-hybridized carbons (Fsp3) is 0.647. The van der Waals surface area contributed by atoms with Crippen LogP contribution >= 0.6 is 0 Å². The number of benzene rings is 1. The summed E-state index contributed by atoms with van der Waals surface area (Å²) in [5.74, 6) is 1.61. The highest BCUT2D eigenvalue weighted by Gasteiger charge is 2.23. The third kappa shape index (κ3) is 4.61. The molecule has 0 radical (unpaired) electrons. The van der Waals surface area contributed by atoms with Crippen molar-refractivity contribution in [1.29, 1.82) is 0 Å². The summed E-state index contributed by atoms with van der Waals surface area (Å²) in [7, 11) is 0. The highest BCUT2D eigenvalue weighted by molar-refractivity contribution is 5.47. The normalized spacial score (nSPS) is 23.0. The Labute approximate surface area is 127 Å². The Morgan fingerprint density at radius 1 is 1.33 bits per heavy atom. The fourth-order valence-electron chi connectivity index (χ4n) is 2.69. The molecule has 0 aromatic heterocycles. The van der Waals surface area contributed by atoms with Gasteiger partial charge in [0, 0.05) is 6.04 Å². The molecule has 4 heteroatoms. The first kappa shape index (κ1) is 16.1. The van der Waals surface area contributed by atoms with Crippen molar-refractivity contribution in [2.45, 2.75) is 58.3 Å². The molecule has 1 heterocycles. The summed E-state index contributed by atoms with van der Waals surface area (Å²) < 4.78 is 17.6. The van der Waals surface area contributed by atoms with Gasteiger partial charge in [-0.2, -0.15) is 0 Å². The Bertz CT molecular complexity index is 448. The second kappa shape index (κ2) is 7.66. The van der Waals surface area contributed by atoms with Gasteiger partial charge in [-0.25, -0.2) is 0 Å². The van der Waals surface area contributed by atoms with Gasteiger partial charge >= 0.3 is 0 Å². The Hall–Kier alpha value is -1.26. The molecule has 0 amide bonds. The average Bonchev–Trinajstić information content (AvgIpc) is 2.83. The lowest BCUT2D eigenvalue weighted by Gasteiger charge is -2.19. The van der Waals surface area contributed by atoms with Crippen molar-refractivity contribution in [2.75, 3.05) is 13.2 Å². The van der Waals surface area contributed by atoms with E-state index in [1.54, 1.807) is 0 Å². The van der Waals surface area contributed by atoms with Gasteiger partial charge in [0.25, 0.3) is 0 Å². The molecule has 0 bridgehead atoms. The SMILES string of the molecule is CCOc1cccc(CC(C)N)c1OCC1CCC(C)O1. The number of ether oxygens (including phenoxy) is 3. The van der Waals surface area contributed by atoms with Crippen LogP contribution in [-0.4, -0.2) is 31.5 Å². The molecule has 2 N–H and O–H groups in total. The quantitative estimate of drug-likeness (QED) is 0.840. The molecule has 0 saturated carbocycles. The first-order chi connectivity index (χ1) is 10.1. The molecule has 1 aromatic carbocycles. The molecule has 1 aliphatic heterocycles. The molecule has 118 valence electrons. The third-order valence-electron chi connectivity index (χ3n) is 3.64. The van der Waals surface area contributed by atoms with Gasteiger partial charge in [-0.05, 0) is 51.7 Å². The van der Waals surface area contributed by atoms with E-state index in [0.29, 0.717) is 19.3 Å². The van der Waals surface area contributed by atoms with Crippen LogP contribution in [0.5, 0.6) is 11.5 Å². The van der Waals surface area contributed by atoms with Gasteiger partial charge in [-0.1, -0.05) is 12.1 Å². The maximum Gasteiger partial charge on any atom is 0.164 e.